The Balaban J connectivity index is 1.71. The third-order valence-electron chi connectivity index (χ3n) is 8.59. The van der Waals surface area contributed by atoms with Gasteiger partial charge in [-0.05, 0) is 80.5 Å². The molecule has 3 saturated carbocycles. The number of Topliss-reactive ketones (excluding diaryl/α,β-unsaturated/α-hetero) is 1. The molecule has 0 aliphatic heterocycles. The Morgan fingerprint density at radius 3 is 2.54 bits per heavy atom. The van der Waals surface area contributed by atoms with E-state index >= 15 is 0 Å². The molecule has 3 heteroatoms. The van der Waals surface area contributed by atoms with Crippen LogP contribution in [0.1, 0.15) is 65.7 Å². The molecular formula is C21H32O3. The van der Waals surface area contributed by atoms with Crippen LogP contribution in [0.5, 0.6) is 0 Å². The Labute approximate surface area is 145 Å². The van der Waals surface area contributed by atoms with Crippen LogP contribution in [0, 0.1) is 34.5 Å². The Morgan fingerprint density at radius 1 is 1.08 bits per heavy atom. The normalized spacial score (nSPS) is 53.6. The van der Waals surface area contributed by atoms with Gasteiger partial charge < -0.3 is 10.2 Å². The van der Waals surface area contributed by atoms with Crippen LogP contribution < -0.4 is 0 Å². The van der Waals surface area contributed by atoms with Crippen LogP contribution in [0.4, 0.5) is 0 Å². The molecule has 0 aromatic rings. The van der Waals surface area contributed by atoms with Crippen molar-refractivity contribution in [3.63, 3.8) is 0 Å². The number of carbonyl (C=O) groups is 1. The number of ketones is 1. The zero-order chi connectivity index (χ0) is 17.3. The van der Waals surface area contributed by atoms with Gasteiger partial charge in [0, 0.05) is 5.92 Å². The lowest BCUT2D eigenvalue weighted by Gasteiger charge is -2.59. The number of rotatable bonds is 1. The fourth-order valence-corrected chi connectivity index (χ4v) is 7.30. The highest BCUT2D eigenvalue weighted by Crippen LogP contribution is 2.66. The first-order chi connectivity index (χ1) is 11.3. The maximum Gasteiger partial charge on any atom is 0.133 e. The van der Waals surface area contributed by atoms with Gasteiger partial charge >= 0.3 is 0 Å². The van der Waals surface area contributed by atoms with Crippen LogP contribution in [0.3, 0.4) is 0 Å². The maximum atomic E-state index is 12.2. The van der Waals surface area contributed by atoms with E-state index in [9.17, 15) is 15.0 Å². The summed E-state index contributed by atoms with van der Waals surface area (Å²) in [6.07, 6.45) is 8.39. The number of carbonyl (C=O) groups excluding carboxylic acids is 1. The molecule has 24 heavy (non-hydrogen) atoms. The van der Waals surface area contributed by atoms with E-state index < -0.39 is 6.10 Å². The SMILES string of the molecule is CC(=O)[C@@H]1CC[C@H]2[C@@H]3[C@H](O)C=C4C[C@@H](O)CC[C@]4(C)[C@H]3CC[C@]12C. The molecule has 4 aliphatic carbocycles. The zero-order valence-electron chi connectivity index (χ0n) is 15.3. The van der Waals surface area contributed by atoms with Gasteiger partial charge in [0.1, 0.15) is 5.78 Å². The van der Waals surface area contributed by atoms with Gasteiger partial charge in [-0.3, -0.25) is 4.79 Å². The van der Waals surface area contributed by atoms with Crippen LogP contribution >= 0.6 is 0 Å². The molecule has 0 radical (unpaired) electrons. The first-order valence-corrected chi connectivity index (χ1v) is 9.85. The molecule has 3 fully saturated rings. The smallest absolute Gasteiger partial charge is 0.133 e. The molecule has 0 bridgehead atoms. The van der Waals surface area contributed by atoms with E-state index in [2.05, 4.69) is 19.9 Å². The Morgan fingerprint density at radius 2 is 1.83 bits per heavy atom. The van der Waals surface area contributed by atoms with Crippen molar-refractivity contribution in [3.05, 3.63) is 11.6 Å². The minimum atomic E-state index is -0.404. The van der Waals surface area contributed by atoms with Crippen LogP contribution in [-0.4, -0.2) is 28.2 Å². The molecule has 0 saturated heterocycles. The van der Waals surface area contributed by atoms with Crippen LogP contribution in [0.2, 0.25) is 0 Å². The van der Waals surface area contributed by atoms with Gasteiger partial charge in [-0.25, -0.2) is 0 Å². The second-order valence-corrected chi connectivity index (χ2v) is 9.57. The summed E-state index contributed by atoms with van der Waals surface area (Å²) in [5.41, 5.74) is 1.50. The second kappa shape index (κ2) is 5.41. The van der Waals surface area contributed by atoms with Crippen molar-refractivity contribution < 1.29 is 15.0 Å². The van der Waals surface area contributed by atoms with Crippen molar-refractivity contribution in [1.29, 1.82) is 0 Å². The average molecular weight is 332 g/mol. The molecular weight excluding hydrogens is 300 g/mol. The van der Waals surface area contributed by atoms with Crippen molar-refractivity contribution in [2.45, 2.75) is 77.9 Å². The molecule has 3 nitrogen and oxygen atoms in total. The quantitative estimate of drug-likeness (QED) is 0.723. The summed E-state index contributed by atoms with van der Waals surface area (Å²) < 4.78 is 0. The van der Waals surface area contributed by atoms with Gasteiger partial charge in [0.05, 0.1) is 12.2 Å². The van der Waals surface area contributed by atoms with E-state index in [1.165, 1.54) is 5.57 Å². The molecule has 0 aromatic carbocycles. The van der Waals surface area contributed by atoms with Gasteiger partial charge in [-0.1, -0.05) is 25.5 Å². The molecule has 134 valence electrons. The molecule has 0 spiro atoms. The lowest BCUT2D eigenvalue weighted by Crippen LogP contribution is -2.55. The summed E-state index contributed by atoms with van der Waals surface area (Å²) in [4.78, 5) is 12.2. The summed E-state index contributed by atoms with van der Waals surface area (Å²) in [5, 5.41) is 21.1. The first kappa shape index (κ1) is 16.8. The lowest BCUT2D eigenvalue weighted by atomic mass is 9.46. The van der Waals surface area contributed by atoms with E-state index in [0.717, 1.165) is 44.9 Å². The van der Waals surface area contributed by atoms with Gasteiger partial charge in [-0.2, -0.15) is 0 Å². The highest BCUT2D eigenvalue weighted by molar-refractivity contribution is 5.79. The maximum absolute atomic E-state index is 12.2. The highest BCUT2D eigenvalue weighted by Gasteiger charge is 2.61. The number of hydrogen-bond donors (Lipinski definition) is 2. The number of aliphatic hydroxyl groups is 2. The number of fused-ring (bicyclic) bond motifs is 5. The summed E-state index contributed by atoms with van der Waals surface area (Å²) in [7, 11) is 0. The van der Waals surface area contributed by atoms with Crippen molar-refractivity contribution in [2.24, 2.45) is 34.5 Å². The molecule has 8 atom stereocenters. The minimum Gasteiger partial charge on any atom is -0.393 e. The Hall–Kier alpha value is -0.670. The monoisotopic (exact) mass is 332 g/mol. The highest BCUT2D eigenvalue weighted by atomic mass is 16.3. The predicted molar refractivity (Wildman–Crippen MR) is 93.3 cm³/mol. The minimum absolute atomic E-state index is 0.0733. The third kappa shape index (κ3) is 2.13. The number of aliphatic hydroxyl groups excluding tert-OH is 2. The summed E-state index contributed by atoms with van der Waals surface area (Å²) in [5.74, 6) is 1.77. The standard InChI is InChI=1S/C21H32O3/c1-12(22)15-4-5-16-19-17(7-9-21(15,16)3)20(2)8-6-14(23)10-13(20)11-18(19)24/h11,14-19,23-24H,4-10H2,1-3H3/t14-,15-,16-,17-,18+,19-,20-,21+/m0/s1. The van der Waals surface area contributed by atoms with Crippen LogP contribution in [-0.2, 0) is 4.79 Å². The van der Waals surface area contributed by atoms with E-state index in [0.29, 0.717) is 17.6 Å². The second-order valence-electron chi connectivity index (χ2n) is 9.57. The van der Waals surface area contributed by atoms with Crippen molar-refractivity contribution in [3.8, 4) is 0 Å². The molecule has 0 aromatic heterocycles. The van der Waals surface area contributed by atoms with Crippen LogP contribution in [0.25, 0.3) is 0 Å². The van der Waals surface area contributed by atoms with E-state index in [4.69, 9.17) is 0 Å². The van der Waals surface area contributed by atoms with Gasteiger partial charge in [0.25, 0.3) is 0 Å². The summed E-state index contributed by atoms with van der Waals surface area (Å²) >= 11 is 0. The first-order valence-electron chi connectivity index (χ1n) is 9.85. The van der Waals surface area contributed by atoms with Crippen molar-refractivity contribution in [2.75, 3.05) is 0 Å². The average Bonchev–Trinajstić information content (AvgIpc) is 2.86. The molecule has 0 unspecified atom stereocenters. The van der Waals surface area contributed by atoms with Gasteiger partial charge in [-0.15, -0.1) is 0 Å². The molecule has 0 amide bonds. The predicted octanol–water partition coefficient (Wildman–Crippen LogP) is 3.49. The van der Waals surface area contributed by atoms with E-state index in [-0.39, 0.29) is 28.8 Å². The van der Waals surface area contributed by atoms with E-state index in [1.54, 1.807) is 6.92 Å². The number of hydrogen-bond acceptors (Lipinski definition) is 3. The topological polar surface area (TPSA) is 57.5 Å². The summed E-state index contributed by atoms with van der Waals surface area (Å²) in [6, 6.07) is 0. The fourth-order valence-electron chi connectivity index (χ4n) is 7.30. The molecule has 4 aliphatic rings. The largest absolute Gasteiger partial charge is 0.393 e. The Bertz CT molecular complexity index is 582. The molecule has 0 heterocycles. The van der Waals surface area contributed by atoms with Gasteiger partial charge in [0.2, 0.25) is 0 Å². The molecule has 4 rings (SSSR count). The van der Waals surface area contributed by atoms with Crippen molar-refractivity contribution in [1.82, 2.24) is 0 Å². The fraction of sp³-hybridized carbons (Fsp3) is 0.857. The molecule has 2 N–H and O–H groups in total. The van der Waals surface area contributed by atoms with Crippen LogP contribution in [0.15, 0.2) is 11.6 Å². The van der Waals surface area contributed by atoms with Crippen molar-refractivity contribution >= 4 is 5.78 Å². The van der Waals surface area contributed by atoms with Gasteiger partial charge in [0.15, 0.2) is 0 Å². The van der Waals surface area contributed by atoms with E-state index in [1.807, 2.05) is 0 Å². The third-order valence-corrected chi connectivity index (χ3v) is 8.59. The Kier molecular flexibility index (Phi) is 3.78. The lowest BCUT2D eigenvalue weighted by molar-refractivity contribution is -0.130. The zero-order valence-corrected chi connectivity index (χ0v) is 15.3. The summed E-state index contributed by atoms with van der Waals surface area (Å²) in [6.45, 7) is 6.43.